The fourth-order valence-electron chi connectivity index (χ4n) is 9.68. The van der Waals surface area contributed by atoms with Crippen LogP contribution in [0.15, 0.2) is 219 Å². The average Bonchev–Trinajstić information content (AvgIpc) is 3.90. The highest BCUT2D eigenvalue weighted by Gasteiger charge is 2.22. The van der Waals surface area contributed by atoms with Gasteiger partial charge < -0.3 is 4.57 Å². The third-order valence-corrected chi connectivity index (χ3v) is 13.9. The SMILES string of the molecule is c1ccc(-c2ccc(-c3cc4c(cc3-c3ccccc3)sc3c(-c5cccc6c(-n7c8ccccc8c8cc9ccccc9cc87)cccc56)nc(-c5ccncc5)nc34)cc2)cc1. The quantitative estimate of drug-likeness (QED) is 0.168. The van der Waals surface area contributed by atoms with E-state index in [-0.39, 0.29) is 0 Å². The second-order valence-corrected chi connectivity index (χ2v) is 17.4. The molecule has 0 spiro atoms. The largest absolute Gasteiger partial charge is 0.309 e. The first-order valence-corrected chi connectivity index (χ1v) is 22.4. The van der Waals surface area contributed by atoms with E-state index in [1.165, 1.54) is 59.5 Å². The minimum Gasteiger partial charge on any atom is -0.309 e. The van der Waals surface area contributed by atoms with Gasteiger partial charge in [-0.05, 0) is 98.1 Å². The lowest BCUT2D eigenvalue weighted by atomic mass is 9.92. The number of hydrogen-bond donors (Lipinski definition) is 0. The summed E-state index contributed by atoms with van der Waals surface area (Å²) in [5.41, 5.74) is 14.4. The van der Waals surface area contributed by atoms with Crippen LogP contribution in [0.5, 0.6) is 0 Å². The van der Waals surface area contributed by atoms with Gasteiger partial charge in [-0.25, -0.2) is 9.97 Å². The van der Waals surface area contributed by atoms with Gasteiger partial charge in [0.05, 0.1) is 32.6 Å². The maximum absolute atomic E-state index is 5.48. The average molecular weight is 833 g/mol. The van der Waals surface area contributed by atoms with Crippen LogP contribution in [0, 0.1) is 0 Å². The number of pyridine rings is 1. The van der Waals surface area contributed by atoms with E-state index in [0.717, 1.165) is 60.0 Å². The Hall–Kier alpha value is -8.25. The van der Waals surface area contributed by atoms with Crippen molar-refractivity contribution in [2.45, 2.75) is 0 Å². The summed E-state index contributed by atoms with van der Waals surface area (Å²) in [7, 11) is 0. The van der Waals surface area contributed by atoms with Gasteiger partial charge in [0, 0.05) is 49.8 Å². The molecule has 0 bridgehead atoms. The van der Waals surface area contributed by atoms with Crippen molar-refractivity contribution < 1.29 is 0 Å². The lowest BCUT2D eigenvalue weighted by Crippen LogP contribution is -1.97. The Morgan fingerprint density at radius 2 is 1.00 bits per heavy atom. The number of hydrogen-bond acceptors (Lipinski definition) is 4. The van der Waals surface area contributed by atoms with Crippen LogP contribution in [0.2, 0.25) is 0 Å². The number of rotatable bonds is 6. The van der Waals surface area contributed by atoms with Gasteiger partial charge in [-0.3, -0.25) is 4.98 Å². The van der Waals surface area contributed by atoms with Gasteiger partial charge in [-0.2, -0.15) is 0 Å². The van der Waals surface area contributed by atoms with Crippen LogP contribution in [0.3, 0.4) is 0 Å². The summed E-state index contributed by atoms with van der Waals surface area (Å²) in [6, 6.07) is 74.4. The maximum atomic E-state index is 5.48. The van der Waals surface area contributed by atoms with Crippen LogP contribution in [0.25, 0.3) is 125 Å². The second-order valence-electron chi connectivity index (χ2n) is 16.4. The molecule has 0 aliphatic heterocycles. The topological polar surface area (TPSA) is 43.6 Å². The van der Waals surface area contributed by atoms with E-state index in [1.54, 1.807) is 11.3 Å². The van der Waals surface area contributed by atoms with Crippen LogP contribution < -0.4 is 0 Å². The van der Waals surface area contributed by atoms with E-state index in [2.05, 4.69) is 204 Å². The fraction of sp³-hybridized carbons (Fsp3) is 0. The predicted molar refractivity (Wildman–Crippen MR) is 269 cm³/mol. The zero-order valence-electron chi connectivity index (χ0n) is 34.5. The molecule has 298 valence electrons. The molecule has 0 aliphatic rings. The van der Waals surface area contributed by atoms with E-state index in [1.807, 2.05) is 24.5 Å². The maximum Gasteiger partial charge on any atom is 0.160 e. The zero-order valence-corrected chi connectivity index (χ0v) is 35.3. The molecule has 4 aromatic heterocycles. The predicted octanol–water partition coefficient (Wildman–Crippen LogP) is 16.0. The molecule has 64 heavy (non-hydrogen) atoms. The minimum absolute atomic E-state index is 0.674. The van der Waals surface area contributed by atoms with E-state index < -0.39 is 0 Å². The monoisotopic (exact) mass is 832 g/mol. The Labute approximate surface area is 373 Å². The number of thiophene rings is 1. The molecule has 9 aromatic carbocycles. The summed E-state index contributed by atoms with van der Waals surface area (Å²) in [5.74, 6) is 0.674. The van der Waals surface area contributed by atoms with Crippen LogP contribution in [0.1, 0.15) is 0 Å². The van der Waals surface area contributed by atoms with E-state index in [0.29, 0.717) is 5.82 Å². The van der Waals surface area contributed by atoms with Crippen LogP contribution in [-0.2, 0) is 0 Å². The molecule has 0 saturated carbocycles. The Morgan fingerprint density at radius 3 is 1.81 bits per heavy atom. The first-order valence-electron chi connectivity index (χ1n) is 21.6. The molecule has 0 amide bonds. The summed E-state index contributed by atoms with van der Waals surface area (Å²) in [5, 5.41) is 8.34. The van der Waals surface area contributed by atoms with E-state index in [9.17, 15) is 0 Å². The minimum atomic E-state index is 0.674. The number of fused-ring (bicyclic) bond motifs is 8. The molecule has 0 radical (unpaired) electrons. The molecule has 4 heterocycles. The highest BCUT2D eigenvalue weighted by atomic mass is 32.1. The lowest BCUT2D eigenvalue weighted by Gasteiger charge is -2.15. The molecular formula is C59H36N4S. The summed E-state index contributed by atoms with van der Waals surface area (Å²) in [4.78, 5) is 15.2. The van der Waals surface area contributed by atoms with E-state index >= 15 is 0 Å². The Bertz CT molecular complexity index is 3930. The Balaban J connectivity index is 1.06. The van der Waals surface area contributed by atoms with Crippen molar-refractivity contribution in [3.05, 3.63) is 219 Å². The van der Waals surface area contributed by atoms with Crippen molar-refractivity contribution in [3.63, 3.8) is 0 Å². The van der Waals surface area contributed by atoms with Gasteiger partial charge in [0.15, 0.2) is 5.82 Å². The lowest BCUT2D eigenvalue weighted by molar-refractivity contribution is 1.20. The zero-order chi connectivity index (χ0) is 42.1. The van der Waals surface area contributed by atoms with Crippen LogP contribution in [0.4, 0.5) is 0 Å². The molecule has 13 aromatic rings. The van der Waals surface area contributed by atoms with Crippen LogP contribution in [-0.4, -0.2) is 19.5 Å². The van der Waals surface area contributed by atoms with E-state index in [4.69, 9.17) is 9.97 Å². The van der Waals surface area contributed by atoms with Crippen molar-refractivity contribution in [1.29, 1.82) is 0 Å². The van der Waals surface area contributed by atoms with Crippen molar-refractivity contribution in [3.8, 4) is 61.7 Å². The van der Waals surface area contributed by atoms with Gasteiger partial charge in [0.1, 0.15) is 0 Å². The number of para-hydroxylation sites is 1. The van der Waals surface area contributed by atoms with Crippen LogP contribution >= 0.6 is 11.3 Å². The van der Waals surface area contributed by atoms with Gasteiger partial charge in [-0.1, -0.05) is 158 Å². The molecule has 4 nitrogen and oxygen atoms in total. The molecule has 5 heteroatoms. The molecular weight excluding hydrogens is 797 g/mol. The number of aromatic nitrogens is 4. The second kappa shape index (κ2) is 14.7. The first kappa shape index (κ1) is 36.4. The molecule has 0 atom stereocenters. The normalized spacial score (nSPS) is 11.8. The standard InChI is InChI=1S/C59H36N4S/c1-3-13-37(14-4-1)38-25-27-40(28-26-38)48-35-51-55(36-49(48)39-15-5-2-6-16-39)64-58-56(61-59(62-57(51)58)41-29-31-60-32-30-41)47-22-11-21-45-44(47)20-12-24-53(45)63-52-23-10-9-19-46(52)50-33-42-17-7-8-18-43(42)34-54(50)63/h1-36H. The highest BCUT2D eigenvalue weighted by molar-refractivity contribution is 7.26. The van der Waals surface area contributed by atoms with Crippen molar-refractivity contribution in [2.75, 3.05) is 0 Å². The van der Waals surface area contributed by atoms with Gasteiger partial charge >= 0.3 is 0 Å². The molecule has 0 unspecified atom stereocenters. The summed E-state index contributed by atoms with van der Waals surface area (Å²) in [6.07, 6.45) is 3.63. The summed E-state index contributed by atoms with van der Waals surface area (Å²) < 4.78 is 4.67. The van der Waals surface area contributed by atoms with Crippen molar-refractivity contribution in [2.24, 2.45) is 0 Å². The molecule has 13 rings (SSSR count). The van der Waals surface area contributed by atoms with Gasteiger partial charge in [0.2, 0.25) is 0 Å². The van der Waals surface area contributed by atoms with Gasteiger partial charge in [-0.15, -0.1) is 11.3 Å². The molecule has 0 fully saturated rings. The number of nitrogens with zero attached hydrogens (tertiary/aromatic N) is 4. The highest BCUT2D eigenvalue weighted by Crippen LogP contribution is 2.46. The molecule has 0 saturated heterocycles. The summed E-state index contributed by atoms with van der Waals surface area (Å²) in [6.45, 7) is 0. The van der Waals surface area contributed by atoms with Crippen molar-refractivity contribution in [1.82, 2.24) is 19.5 Å². The van der Waals surface area contributed by atoms with Gasteiger partial charge in [0.25, 0.3) is 0 Å². The van der Waals surface area contributed by atoms with Crippen molar-refractivity contribution >= 4 is 75.0 Å². The summed E-state index contributed by atoms with van der Waals surface area (Å²) >= 11 is 1.77. The first-order chi connectivity index (χ1) is 31.7. The Morgan fingerprint density at radius 1 is 0.375 bits per heavy atom. The smallest absolute Gasteiger partial charge is 0.160 e. The third-order valence-electron chi connectivity index (χ3n) is 12.7. The fourth-order valence-corrected chi connectivity index (χ4v) is 10.8. The molecule has 0 N–H and O–H groups in total. The molecule has 0 aliphatic carbocycles. The number of benzene rings is 9. The third kappa shape index (κ3) is 5.86. The Kier molecular flexibility index (Phi) is 8.36.